The highest BCUT2D eigenvalue weighted by Crippen LogP contribution is 2.31. The van der Waals surface area contributed by atoms with E-state index in [0.717, 1.165) is 28.4 Å². The largest absolute Gasteiger partial charge is 0.351 e. The van der Waals surface area contributed by atoms with Gasteiger partial charge in [0.25, 0.3) is 11.5 Å². The number of rotatable bonds is 4. The average Bonchev–Trinajstić information content (AvgIpc) is 2.98. The monoisotopic (exact) mass is 348 g/mol. The number of carbonyl (C=O) groups is 1. The van der Waals surface area contributed by atoms with Gasteiger partial charge < -0.3 is 9.88 Å². The second-order valence-electron chi connectivity index (χ2n) is 5.49. The molecular formula is C17H17ClN2O2S. The first-order chi connectivity index (χ1) is 11.0. The molecule has 0 aliphatic carbocycles. The minimum Gasteiger partial charge on any atom is -0.351 e. The lowest BCUT2D eigenvalue weighted by Crippen LogP contribution is -2.23. The number of aryl methyl sites for hydroxylation is 1. The summed E-state index contributed by atoms with van der Waals surface area (Å²) in [6.45, 7) is 2.73. The Hall–Kier alpha value is -1.85. The number of hydrogen-bond donors (Lipinski definition) is 1. The Morgan fingerprint density at radius 2 is 2.09 bits per heavy atom. The lowest BCUT2D eigenvalue weighted by atomic mass is 10.1. The van der Waals surface area contributed by atoms with Crippen LogP contribution in [0.1, 0.15) is 29.4 Å². The maximum atomic E-state index is 12.5. The standard InChI is InChI=1S/C17H17ClN2O2S/c1-3-4-7-19-16(21)14-9-12-15(23-14)11-6-5-10(18)8-13(11)20(2)17(12)22/h5-6,8-9H,3-4,7H2,1-2H3,(H,19,21). The summed E-state index contributed by atoms with van der Waals surface area (Å²) in [5.41, 5.74) is 0.661. The molecule has 1 aromatic carbocycles. The van der Waals surface area contributed by atoms with E-state index in [-0.39, 0.29) is 11.5 Å². The van der Waals surface area contributed by atoms with Gasteiger partial charge in [-0.3, -0.25) is 9.59 Å². The van der Waals surface area contributed by atoms with E-state index in [1.807, 2.05) is 6.07 Å². The molecule has 0 radical (unpaired) electrons. The van der Waals surface area contributed by atoms with Crippen molar-refractivity contribution >= 4 is 49.8 Å². The van der Waals surface area contributed by atoms with Crippen LogP contribution in [0.15, 0.2) is 29.1 Å². The van der Waals surface area contributed by atoms with E-state index in [1.54, 1.807) is 29.8 Å². The van der Waals surface area contributed by atoms with Gasteiger partial charge in [-0.1, -0.05) is 24.9 Å². The van der Waals surface area contributed by atoms with Crippen LogP contribution < -0.4 is 10.9 Å². The van der Waals surface area contributed by atoms with Crippen LogP contribution in [0.25, 0.3) is 21.0 Å². The fourth-order valence-electron chi connectivity index (χ4n) is 2.59. The highest BCUT2D eigenvalue weighted by Gasteiger charge is 2.16. The SMILES string of the molecule is CCCCNC(=O)c1cc2c(=O)n(C)c3cc(Cl)ccc3c2s1. The fourth-order valence-corrected chi connectivity index (χ4v) is 3.86. The molecule has 2 heterocycles. The highest BCUT2D eigenvalue weighted by molar-refractivity contribution is 7.21. The summed E-state index contributed by atoms with van der Waals surface area (Å²) in [6.07, 6.45) is 1.97. The Balaban J connectivity index is 2.16. The number of halogens is 1. The molecule has 2 aromatic heterocycles. The normalized spacial score (nSPS) is 11.3. The predicted octanol–water partition coefficient (Wildman–Crippen LogP) is 3.94. The van der Waals surface area contributed by atoms with Gasteiger partial charge in [0.05, 0.1) is 15.8 Å². The molecule has 0 atom stereocenters. The Bertz CT molecular complexity index is 959. The zero-order chi connectivity index (χ0) is 16.6. The number of pyridine rings is 1. The number of unbranched alkanes of at least 4 members (excludes halogenated alkanes) is 1. The zero-order valence-corrected chi connectivity index (χ0v) is 14.6. The quantitative estimate of drug-likeness (QED) is 0.726. The third-order valence-electron chi connectivity index (χ3n) is 3.87. The molecule has 0 fully saturated rings. The number of nitrogens with zero attached hydrogens (tertiary/aromatic N) is 1. The number of benzene rings is 1. The molecule has 23 heavy (non-hydrogen) atoms. The van der Waals surface area contributed by atoms with Gasteiger partial charge in [-0.2, -0.15) is 0 Å². The van der Waals surface area contributed by atoms with E-state index in [4.69, 9.17) is 11.6 Å². The van der Waals surface area contributed by atoms with Gasteiger partial charge in [-0.15, -0.1) is 11.3 Å². The van der Waals surface area contributed by atoms with Crippen LogP contribution in [-0.2, 0) is 7.05 Å². The molecule has 0 aliphatic rings. The second kappa shape index (κ2) is 6.34. The number of aromatic nitrogens is 1. The van der Waals surface area contributed by atoms with Crippen molar-refractivity contribution in [3.8, 4) is 0 Å². The van der Waals surface area contributed by atoms with Crippen LogP contribution in [0.5, 0.6) is 0 Å². The van der Waals surface area contributed by atoms with Crippen molar-refractivity contribution in [2.24, 2.45) is 7.05 Å². The van der Waals surface area contributed by atoms with E-state index in [0.29, 0.717) is 21.8 Å². The van der Waals surface area contributed by atoms with Crippen LogP contribution in [-0.4, -0.2) is 17.0 Å². The Kier molecular flexibility index (Phi) is 4.41. The topological polar surface area (TPSA) is 51.1 Å². The fraction of sp³-hybridized carbons (Fsp3) is 0.294. The minimum atomic E-state index is -0.121. The van der Waals surface area contributed by atoms with Crippen molar-refractivity contribution in [3.05, 3.63) is 44.5 Å². The van der Waals surface area contributed by atoms with Crippen molar-refractivity contribution in [2.45, 2.75) is 19.8 Å². The van der Waals surface area contributed by atoms with Crippen LogP contribution in [0.4, 0.5) is 0 Å². The third kappa shape index (κ3) is 2.86. The molecule has 0 saturated heterocycles. The summed E-state index contributed by atoms with van der Waals surface area (Å²) in [6, 6.07) is 7.17. The Morgan fingerprint density at radius 3 is 2.83 bits per heavy atom. The number of thiophene rings is 1. The van der Waals surface area contributed by atoms with E-state index in [2.05, 4.69) is 12.2 Å². The molecule has 3 aromatic rings. The van der Waals surface area contributed by atoms with E-state index in [9.17, 15) is 9.59 Å². The van der Waals surface area contributed by atoms with Gasteiger partial charge in [0.1, 0.15) is 0 Å². The summed E-state index contributed by atoms with van der Waals surface area (Å²) in [4.78, 5) is 25.4. The van der Waals surface area contributed by atoms with Crippen molar-refractivity contribution in [2.75, 3.05) is 6.54 Å². The first-order valence-electron chi connectivity index (χ1n) is 7.53. The Labute approximate surface area is 142 Å². The molecule has 4 nitrogen and oxygen atoms in total. The van der Waals surface area contributed by atoms with Gasteiger partial charge in [0.2, 0.25) is 0 Å². The van der Waals surface area contributed by atoms with Crippen molar-refractivity contribution in [1.82, 2.24) is 9.88 Å². The Morgan fingerprint density at radius 1 is 1.30 bits per heavy atom. The maximum Gasteiger partial charge on any atom is 0.261 e. The predicted molar refractivity (Wildman–Crippen MR) is 96.8 cm³/mol. The summed E-state index contributed by atoms with van der Waals surface area (Å²) in [7, 11) is 1.72. The number of nitrogens with one attached hydrogen (secondary N) is 1. The van der Waals surface area contributed by atoms with Crippen LogP contribution in [0.2, 0.25) is 5.02 Å². The summed E-state index contributed by atoms with van der Waals surface area (Å²) >= 11 is 7.40. The minimum absolute atomic E-state index is 0.112. The number of amides is 1. The van der Waals surface area contributed by atoms with E-state index < -0.39 is 0 Å². The molecule has 120 valence electrons. The molecule has 3 rings (SSSR count). The zero-order valence-electron chi connectivity index (χ0n) is 13.0. The van der Waals surface area contributed by atoms with Crippen LogP contribution in [0.3, 0.4) is 0 Å². The first-order valence-corrected chi connectivity index (χ1v) is 8.72. The van der Waals surface area contributed by atoms with Gasteiger partial charge >= 0.3 is 0 Å². The lowest BCUT2D eigenvalue weighted by Gasteiger charge is -2.06. The average molecular weight is 349 g/mol. The number of carbonyl (C=O) groups excluding carboxylic acids is 1. The van der Waals surface area contributed by atoms with Gasteiger partial charge in [0.15, 0.2) is 0 Å². The summed E-state index contributed by atoms with van der Waals surface area (Å²) in [5, 5.41) is 4.99. The number of hydrogen-bond acceptors (Lipinski definition) is 3. The molecule has 0 saturated carbocycles. The molecule has 1 amide bonds. The molecular weight excluding hydrogens is 332 g/mol. The summed E-state index contributed by atoms with van der Waals surface area (Å²) in [5.74, 6) is -0.121. The molecule has 6 heteroatoms. The van der Waals surface area contributed by atoms with Gasteiger partial charge in [-0.05, 0) is 30.7 Å². The van der Waals surface area contributed by atoms with Gasteiger partial charge in [-0.25, -0.2) is 0 Å². The summed E-state index contributed by atoms with van der Waals surface area (Å²) < 4.78 is 2.41. The van der Waals surface area contributed by atoms with Crippen LogP contribution >= 0.6 is 22.9 Å². The molecule has 0 bridgehead atoms. The van der Waals surface area contributed by atoms with E-state index in [1.165, 1.54) is 11.3 Å². The maximum absolute atomic E-state index is 12.5. The van der Waals surface area contributed by atoms with Crippen LogP contribution in [0, 0.1) is 0 Å². The van der Waals surface area contributed by atoms with Crippen molar-refractivity contribution in [1.29, 1.82) is 0 Å². The second-order valence-corrected chi connectivity index (χ2v) is 6.98. The van der Waals surface area contributed by atoms with Crippen molar-refractivity contribution < 1.29 is 4.79 Å². The molecule has 0 unspecified atom stereocenters. The molecule has 0 spiro atoms. The number of fused-ring (bicyclic) bond motifs is 3. The molecule has 0 aliphatic heterocycles. The lowest BCUT2D eigenvalue weighted by molar-refractivity contribution is 0.0957. The van der Waals surface area contributed by atoms with Crippen molar-refractivity contribution in [3.63, 3.8) is 0 Å². The smallest absolute Gasteiger partial charge is 0.261 e. The molecule has 1 N–H and O–H groups in total. The van der Waals surface area contributed by atoms with Gasteiger partial charge in [0, 0.05) is 28.7 Å². The highest BCUT2D eigenvalue weighted by atomic mass is 35.5. The first kappa shape index (κ1) is 16.0. The third-order valence-corrected chi connectivity index (χ3v) is 5.27. The van der Waals surface area contributed by atoms with E-state index >= 15 is 0 Å².